The van der Waals surface area contributed by atoms with E-state index >= 15 is 0 Å². The van der Waals surface area contributed by atoms with Crippen LogP contribution in [0.3, 0.4) is 0 Å². The number of rotatable bonds is 3. The summed E-state index contributed by atoms with van der Waals surface area (Å²) in [5.41, 5.74) is 2.52. The van der Waals surface area contributed by atoms with Crippen molar-refractivity contribution in [3.05, 3.63) is 33.9 Å². The molecule has 0 N–H and O–H groups in total. The summed E-state index contributed by atoms with van der Waals surface area (Å²) in [6.45, 7) is 3.84. The molecule has 0 aliphatic carbocycles. The predicted octanol–water partition coefficient (Wildman–Crippen LogP) is 2.77. The summed E-state index contributed by atoms with van der Waals surface area (Å²) in [6.07, 6.45) is 4.27. The average Bonchev–Trinajstić information content (AvgIpc) is 2.48. The van der Waals surface area contributed by atoms with Crippen molar-refractivity contribution in [1.29, 1.82) is 0 Å². The summed E-state index contributed by atoms with van der Waals surface area (Å²) < 4.78 is 5.41. The Hall–Kier alpha value is -1.62. The van der Waals surface area contributed by atoms with E-state index in [0.29, 0.717) is 5.92 Å². The Morgan fingerprint density at radius 3 is 2.90 bits per heavy atom. The Morgan fingerprint density at radius 2 is 2.15 bits per heavy atom. The van der Waals surface area contributed by atoms with Crippen molar-refractivity contribution in [3.8, 4) is 0 Å². The normalized spacial score (nSPS) is 19.7. The molecule has 0 amide bonds. The lowest BCUT2D eigenvalue weighted by molar-refractivity contribution is -0.384. The monoisotopic (exact) mass is 276 g/mol. The van der Waals surface area contributed by atoms with Gasteiger partial charge in [0.25, 0.3) is 5.69 Å². The number of hydrogen-bond donors (Lipinski definition) is 0. The first kappa shape index (κ1) is 13.4. The fourth-order valence-corrected chi connectivity index (χ4v) is 3.21. The standard InChI is InChI=1S/C15H20N2O3/c18-17(19)14-3-4-15-13(10-14)2-1-7-16(15)11-12-5-8-20-9-6-12/h3-4,10,12H,1-2,5-9,11H2. The van der Waals surface area contributed by atoms with E-state index in [1.165, 1.54) is 5.69 Å². The highest BCUT2D eigenvalue weighted by Crippen LogP contribution is 2.31. The van der Waals surface area contributed by atoms with Gasteiger partial charge in [-0.05, 0) is 43.2 Å². The maximum atomic E-state index is 10.9. The van der Waals surface area contributed by atoms with E-state index in [1.54, 1.807) is 12.1 Å². The molecule has 0 spiro atoms. The van der Waals surface area contributed by atoms with E-state index in [4.69, 9.17) is 4.74 Å². The third-order valence-corrected chi connectivity index (χ3v) is 4.31. The number of non-ortho nitro benzene ring substituents is 1. The van der Waals surface area contributed by atoms with Crippen LogP contribution in [0.25, 0.3) is 0 Å². The first-order valence-electron chi connectivity index (χ1n) is 7.34. The van der Waals surface area contributed by atoms with Gasteiger partial charge in [-0.2, -0.15) is 0 Å². The van der Waals surface area contributed by atoms with Gasteiger partial charge in [-0.1, -0.05) is 0 Å². The van der Waals surface area contributed by atoms with Gasteiger partial charge in [0.15, 0.2) is 0 Å². The van der Waals surface area contributed by atoms with Crippen molar-refractivity contribution >= 4 is 11.4 Å². The summed E-state index contributed by atoms with van der Waals surface area (Å²) in [6, 6.07) is 5.29. The van der Waals surface area contributed by atoms with Crippen LogP contribution in [0.2, 0.25) is 0 Å². The highest BCUT2D eigenvalue weighted by Gasteiger charge is 2.23. The van der Waals surface area contributed by atoms with E-state index in [2.05, 4.69) is 4.90 Å². The molecule has 0 saturated carbocycles. The number of hydrogen-bond acceptors (Lipinski definition) is 4. The molecule has 2 aliphatic rings. The fourth-order valence-electron chi connectivity index (χ4n) is 3.21. The summed E-state index contributed by atoms with van der Waals surface area (Å²) in [5, 5.41) is 10.9. The Kier molecular flexibility index (Phi) is 3.87. The number of nitro groups is 1. The molecule has 0 bridgehead atoms. The summed E-state index contributed by atoms with van der Waals surface area (Å²) in [7, 11) is 0. The lowest BCUT2D eigenvalue weighted by atomic mass is 9.96. The molecule has 1 aromatic carbocycles. The molecular weight excluding hydrogens is 256 g/mol. The van der Waals surface area contributed by atoms with E-state index < -0.39 is 0 Å². The molecule has 0 aromatic heterocycles. The third-order valence-electron chi connectivity index (χ3n) is 4.31. The van der Waals surface area contributed by atoms with E-state index in [9.17, 15) is 10.1 Å². The molecule has 0 radical (unpaired) electrons. The minimum Gasteiger partial charge on any atom is -0.381 e. The Bertz CT molecular complexity index is 498. The number of fused-ring (bicyclic) bond motifs is 1. The van der Waals surface area contributed by atoms with Gasteiger partial charge in [0, 0.05) is 44.1 Å². The van der Waals surface area contributed by atoms with E-state index in [-0.39, 0.29) is 10.6 Å². The largest absolute Gasteiger partial charge is 0.381 e. The Balaban J connectivity index is 1.77. The first-order chi connectivity index (χ1) is 9.74. The maximum absolute atomic E-state index is 10.9. The van der Waals surface area contributed by atoms with Crippen LogP contribution in [-0.4, -0.2) is 31.2 Å². The number of aryl methyl sites for hydroxylation is 1. The van der Waals surface area contributed by atoms with E-state index in [0.717, 1.165) is 57.6 Å². The summed E-state index contributed by atoms with van der Waals surface area (Å²) in [4.78, 5) is 13.0. The average molecular weight is 276 g/mol. The number of anilines is 1. The van der Waals surface area contributed by atoms with Crippen molar-refractivity contribution in [3.63, 3.8) is 0 Å². The molecule has 5 heteroatoms. The van der Waals surface area contributed by atoms with Gasteiger partial charge in [0.05, 0.1) is 4.92 Å². The summed E-state index contributed by atoms with van der Waals surface area (Å²) in [5.74, 6) is 0.685. The third kappa shape index (κ3) is 2.77. The van der Waals surface area contributed by atoms with Gasteiger partial charge in [0.1, 0.15) is 0 Å². The van der Waals surface area contributed by atoms with Crippen molar-refractivity contribution in [1.82, 2.24) is 0 Å². The zero-order valence-electron chi connectivity index (χ0n) is 11.6. The second kappa shape index (κ2) is 5.79. The van der Waals surface area contributed by atoms with Crippen LogP contribution in [0.15, 0.2) is 18.2 Å². The molecule has 1 aromatic rings. The van der Waals surface area contributed by atoms with E-state index in [1.807, 2.05) is 6.07 Å². The van der Waals surface area contributed by atoms with Crippen molar-refractivity contribution in [2.45, 2.75) is 25.7 Å². The van der Waals surface area contributed by atoms with Crippen LogP contribution in [0.1, 0.15) is 24.8 Å². The minimum absolute atomic E-state index is 0.205. The van der Waals surface area contributed by atoms with Gasteiger partial charge in [-0.15, -0.1) is 0 Å². The second-order valence-electron chi connectivity index (χ2n) is 5.68. The highest BCUT2D eigenvalue weighted by molar-refractivity contribution is 5.59. The molecule has 2 heterocycles. The van der Waals surface area contributed by atoms with Crippen LogP contribution >= 0.6 is 0 Å². The molecule has 1 saturated heterocycles. The quantitative estimate of drug-likeness (QED) is 0.629. The van der Waals surface area contributed by atoms with Gasteiger partial charge in [-0.25, -0.2) is 0 Å². The lowest BCUT2D eigenvalue weighted by Crippen LogP contribution is -2.36. The maximum Gasteiger partial charge on any atom is 0.269 e. The fraction of sp³-hybridized carbons (Fsp3) is 0.600. The second-order valence-corrected chi connectivity index (χ2v) is 5.68. The molecule has 5 nitrogen and oxygen atoms in total. The van der Waals surface area contributed by atoms with Crippen LogP contribution in [0, 0.1) is 16.0 Å². The van der Waals surface area contributed by atoms with Gasteiger partial charge in [-0.3, -0.25) is 10.1 Å². The van der Waals surface area contributed by atoms with Gasteiger partial charge in [0.2, 0.25) is 0 Å². The van der Waals surface area contributed by atoms with Gasteiger partial charge >= 0.3 is 0 Å². The number of ether oxygens (including phenoxy) is 1. The molecule has 108 valence electrons. The van der Waals surface area contributed by atoms with Crippen molar-refractivity contribution in [2.24, 2.45) is 5.92 Å². The number of benzene rings is 1. The SMILES string of the molecule is O=[N+]([O-])c1ccc2c(c1)CCCN2CC1CCOCC1. The molecule has 0 unspecified atom stereocenters. The zero-order valence-corrected chi connectivity index (χ0v) is 11.6. The lowest BCUT2D eigenvalue weighted by Gasteiger charge is -2.35. The van der Waals surface area contributed by atoms with Gasteiger partial charge < -0.3 is 9.64 Å². The Labute approximate surface area is 118 Å². The van der Waals surface area contributed by atoms with Crippen molar-refractivity contribution in [2.75, 3.05) is 31.2 Å². The first-order valence-corrected chi connectivity index (χ1v) is 7.34. The minimum atomic E-state index is -0.308. The molecule has 3 rings (SSSR count). The Morgan fingerprint density at radius 1 is 1.35 bits per heavy atom. The highest BCUT2D eigenvalue weighted by atomic mass is 16.6. The number of nitro benzene ring substituents is 1. The molecular formula is C15H20N2O3. The number of nitrogens with zero attached hydrogens (tertiary/aromatic N) is 2. The van der Waals surface area contributed by atoms with Crippen LogP contribution < -0.4 is 4.90 Å². The van der Waals surface area contributed by atoms with Crippen LogP contribution in [0.5, 0.6) is 0 Å². The van der Waals surface area contributed by atoms with Crippen LogP contribution in [-0.2, 0) is 11.2 Å². The van der Waals surface area contributed by atoms with Crippen molar-refractivity contribution < 1.29 is 9.66 Å². The molecule has 20 heavy (non-hydrogen) atoms. The molecule has 2 aliphatic heterocycles. The van der Waals surface area contributed by atoms with Crippen LogP contribution in [0.4, 0.5) is 11.4 Å². The molecule has 0 atom stereocenters. The summed E-state index contributed by atoms with van der Waals surface area (Å²) >= 11 is 0. The molecule has 1 fully saturated rings. The predicted molar refractivity (Wildman–Crippen MR) is 77.2 cm³/mol. The zero-order chi connectivity index (χ0) is 13.9. The smallest absolute Gasteiger partial charge is 0.269 e. The topological polar surface area (TPSA) is 55.6 Å².